The molecule has 1 amide bonds. The first kappa shape index (κ1) is 25.5. The van der Waals surface area contributed by atoms with Crippen molar-refractivity contribution in [3.8, 4) is 17.0 Å². The first-order chi connectivity index (χ1) is 15.7. The largest absolute Gasteiger partial charge is 0.573 e. The van der Waals surface area contributed by atoms with Crippen LogP contribution in [0.4, 0.5) is 13.2 Å². The van der Waals surface area contributed by atoms with Crippen molar-refractivity contribution in [2.45, 2.75) is 29.3 Å². The number of halogens is 3. The Hall–Kier alpha value is -3.16. The molecule has 180 valence electrons. The van der Waals surface area contributed by atoms with Gasteiger partial charge in [0, 0.05) is 17.7 Å². The van der Waals surface area contributed by atoms with E-state index in [0.717, 1.165) is 23.7 Å². The van der Waals surface area contributed by atoms with E-state index in [4.69, 9.17) is 11.0 Å². The Morgan fingerprint density at radius 2 is 2.06 bits per heavy atom. The summed E-state index contributed by atoms with van der Waals surface area (Å²) < 4.78 is 68.6. The number of carbonyl (C=O) groups is 1. The number of rotatable bonds is 7. The van der Waals surface area contributed by atoms with Gasteiger partial charge in [-0.1, -0.05) is 30.0 Å². The third-order valence-electron chi connectivity index (χ3n) is 4.41. The van der Waals surface area contributed by atoms with Crippen LogP contribution in [0.15, 0.2) is 28.4 Å². The predicted molar refractivity (Wildman–Crippen MR) is 116 cm³/mol. The van der Waals surface area contributed by atoms with Gasteiger partial charge in [0.05, 0.1) is 11.1 Å². The summed E-state index contributed by atoms with van der Waals surface area (Å²) in [7, 11) is -4.17. The number of aromatic nitrogens is 4. The van der Waals surface area contributed by atoms with Crippen molar-refractivity contribution in [1.82, 2.24) is 19.7 Å². The van der Waals surface area contributed by atoms with Gasteiger partial charge in [-0.15, -0.1) is 18.3 Å². The van der Waals surface area contributed by atoms with Crippen molar-refractivity contribution >= 4 is 38.8 Å². The van der Waals surface area contributed by atoms with Gasteiger partial charge in [0.2, 0.25) is 16.2 Å². The Bertz CT molecular complexity index is 1410. The normalized spacial score (nSPS) is 12.9. The SMILES string of the molecule is CSc1nc(C(C)c2c(C(N)=O)cc(OC(F)(F)F)cc2S(C)(=O)=O)n(-c2ncc(C#N)s2)n1. The standard InChI is InChI=1S/C18H15F3N6O4S3/c1-8(15-25-16(32-2)26-27(15)17-24-7-10(6-22)33-17)13-11(14(23)28)4-9(31-18(19,20)21)5-12(13)34(3,29)30/h4-5,7-8H,1-3H3,(H2,23,28). The summed E-state index contributed by atoms with van der Waals surface area (Å²) >= 11 is 2.16. The van der Waals surface area contributed by atoms with E-state index in [1.54, 1.807) is 6.26 Å². The van der Waals surface area contributed by atoms with Gasteiger partial charge in [-0.2, -0.15) is 9.94 Å². The van der Waals surface area contributed by atoms with Crippen molar-refractivity contribution in [3.63, 3.8) is 0 Å². The molecule has 0 saturated heterocycles. The van der Waals surface area contributed by atoms with Gasteiger partial charge < -0.3 is 10.5 Å². The van der Waals surface area contributed by atoms with Gasteiger partial charge in [-0.25, -0.2) is 18.4 Å². The highest BCUT2D eigenvalue weighted by Crippen LogP contribution is 2.37. The molecule has 1 unspecified atom stereocenters. The van der Waals surface area contributed by atoms with Crippen LogP contribution in [0.25, 0.3) is 5.13 Å². The van der Waals surface area contributed by atoms with Crippen molar-refractivity contribution in [1.29, 1.82) is 5.26 Å². The van der Waals surface area contributed by atoms with E-state index in [2.05, 4.69) is 19.8 Å². The van der Waals surface area contributed by atoms with Crippen LogP contribution >= 0.6 is 23.1 Å². The van der Waals surface area contributed by atoms with Gasteiger partial charge >= 0.3 is 6.36 Å². The third kappa shape index (κ3) is 5.32. The Morgan fingerprint density at radius 3 is 2.56 bits per heavy atom. The lowest BCUT2D eigenvalue weighted by Crippen LogP contribution is -2.22. The first-order valence-corrected chi connectivity index (χ1v) is 13.0. The van der Waals surface area contributed by atoms with Crippen molar-refractivity contribution in [2.75, 3.05) is 12.5 Å². The number of carbonyl (C=O) groups excluding carboxylic acids is 1. The molecule has 0 fully saturated rings. The maximum Gasteiger partial charge on any atom is 0.573 e. The smallest absolute Gasteiger partial charge is 0.406 e. The zero-order valence-electron chi connectivity index (χ0n) is 17.6. The summed E-state index contributed by atoms with van der Waals surface area (Å²) in [6.07, 6.45) is -1.35. The second-order valence-corrected chi connectivity index (χ2v) is 10.5. The fourth-order valence-electron chi connectivity index (χ4n) is 3.11. The number of thiazole rings is 1. The number of hydrogen-bond acceptors (Lipinski definition) is 10. The second kappa shape index (κ2) is 9.24. The molecule has 0 bridgehead atoms. The highest BCUT2D eigenvalue weighted by Gasteiger charge is 2.35. The number of alkyl halides is 3. The zero-order valence-corrected chi connectivity index (χ0v) is 20.1. The molecular weight excluding hydrogens is 517 g/mol. The van der Waals surface area contributed by atoms with Gasteiger partial charge in [0.15, 0.2) is 9.84 Å². The lowest BCUT2D eigenvalue weighted by atomic mass is 9.94. The van der Waals surface area contributed by atoms with E-state index in [1.807, 2.05) is 6.07 Å². The number of amides is 1. The summed E-state index contributed by atoms with van der Waals surface area (Å²) in [5, 5.41) is 13.9. The average Bonchev–Trinajstić information content (AvgIpc) is 3.37. The van der Waals surface area contributed by atoms with Gasteiger partial charge in [0.25, 0.3) is 0 Å². The van der Waals surface area contributed by atoms with Gasteiger partial charge in [-0.3, -0.25) is 4.79 Å². The van der Waals surface area contributed by atoms with Gasteiger partial charge in [0.1, 0.15) is 22.5 Å². The third-order valence-corrected chi connectivity index (χ3v) is 6.97. The number of hydrogen-bond donors (Lipinski definition) is 1. The van der Waals surface area contributed by atoms with Crippen LogP contribution in [-0.4, -0.2) is 52.9 Å². The minimum atomic E-state index is -5.13. The molecule has 10 nitrogen and oxygen atoms in total. The lowest BCUT2D eigenvalue weighted by molar-refractivity contribution is -0.274. The Morgan fingerprint density at radius 1 is 1.38 bits per heavy atom. The van der Waals surface area contributed by atoms with Crippen LogP contribution in [0.1, 0.15) is 39.5 Å². The number of nitriles is 1. The second-order valence-electron chi connectivity index (χ2n) is 6.78. The molecule has 34 heavy (non-hydrogen) atoms. The Kier molecular flexibility index (Phi) is 6.92. The number of primary amides is 1. The summed E-state index contributed by atoms with van der Waals surface area (Å²) in [6, 6.07) is 3.34. The number of nitrogens with two attached hydrogens (primary N) is 1. The summed E-state index contributed by atoms with van der Waals surface area (Å²) in [5.41, 5.74) is 4.74. The molecule has 2 N–H and O–H groups in total. The van der Waals surface area contributed by atoms with Crippen LogP contribution in [-0.2, 0) is 9.84 Å². The van der Waals surface area contributed by atoms with E-state index >= 15 is 0 Å². The van der Waals surface area contributed by atoms with Crippen molar-refractivity contribution in [3.05, 3.63) is 40.2 Å². The molecule has 0 saturated carbocycles. The van der Waals surface area contributed by atoms with Crippen LogP contribution in [0.2, 0.25) is 0 Å². The van der Waals surface area contributed by atoms with Crippen molar-refractivity contribution in [2.24, 2.45) is 5.73 Å². The van der Waals surface area contributed by atoms with Crippen LogP contribution in [0.3, 0.4) is 0 Å². The van der Waals surface area contributed by atoms with Crippen LogP contribution < -0.4 is 10.5 Å². The fraction of sp³-hybridized carbons (Fsp3) is 0.278. The highest BCUT2D eigenvalue weighted by molar-refractivity contribution is 7.98. The molecule has 0 aliphatic carbocycles. The maximum atomic E-state index is 12.8. The molecule has 0 spiro atoms. The number of sulfone groups is 1. The van der Waals surface area contributed by atoms with E-state index in [1.165, 1.54) is 29.6 Å². The Balaban J connectivity index is 2.30. The maximum absolute atomic E-state index is 12.8. The van der Waals surface area contributed by atoms with Crippen molar-refractivity contribution < 1.29 is 31.1 Å². The Labute approximate surface area is 199 Å². The van der Waals surface area contributed by atoms with Crippen LogP contribution in [0, 0.1) is 11.3 Å². The molecule has 3 rings (SSSR count). The molecule has 2 heterocycles. The molecule has 3 aromatic rings. The van der Waals surface area contributed by atoms with E-state index in [0.29, 0.717) is 6.07 Å². The van der Waals surface area contributed by atoms with E-state index in [9.17, 15) is 26.4 Å². The molecule has 0 aliphatic rings. The molecular formula is C18H15F3N6O4S3. The summed E-state index contributed by atoms with van der Waals surface area (Å²) in [6.45, 7) is 1.49. The van der Waals surface area contributed by atoms with Gasteiger partial charge in [-0.05, 0) is 24.0 Å². The molecule has 2 aromatic heterocycles. The monoisotopic (exact) mass is 532 g/mol. The summed E-state index contributed by atoms with van der Waals surface area (Å²) in [5.74, 6) is -2.96. The summed E-state index contributed by atoms with van der Waals surface area (Å²) in [4.78, 5) is 20.4. The lowest BCUT2D eigenvalue weighted by Gasteiger charge is -2.20. The number of benzene rings is 1. The molecule has 0 aliphatic heterocycles. The molecule has 0 radical (unpaired) electrons. The molecule has 1 aromatic carbocycles. The van der Waals surface area contributed by atoms with Crippen LogP contribution in [0.5, 0.6) is 5.75 Å². The fourth-order valence-corrected chi connectivity index (χ4v) is 5.15. The minimum absolute atomic E-state index is 0.125. The first-order valence-electron chi connectivity index (χ1n) is 9.06. The van der Waals surface area contributed by atoms with E-state index < -0.39 is 44.2 Å². The topological polar surface area (TPSA) is 154 Å². The highest BCUT2D eigenvalue weighted by atomic mass is 32.2. The quantitative estimate of drug-likeness (QED) is 0.452. The number of nitrogens with zero attached hydrogens (tertiary/aromatic N) is 5. The number of ether oxygens (including phenoxy) is 1. The van der Waals surface area contributed by atoms with E-state index in [-0.39, 0.29) is 26.6 Å². The average molecular weight is 533 g/mol. The minimum Gasteiger partial charge on any atom is -0.406 e. The zero-order chi connectivity index (χ0) is 25.4. The molecule has 16 heteroatoms. The molecule has 1 atom stereocenters. The predicted octanol–water partition coefficient (Wildman–Crippen LogP) is 2.87. The number of thioether (sulfide) groups is 1.